The molecule has 2 aliphatic heterocycles. The third-order valence-electron chi connectivity index (χ3n) is 4.97. The Balaban J connectivity index is 1.73. The molecule has 0 saturated carbocycles. The molecular weight excluding hydrogens is 366 g/mol. The van der Waals surface area contributed by atoms with Gasteiger partial charge in [-0.15, -0.1) is 0 Å². The number of non-ortho nitro benzene ring substituents is 1. The number of thioether (sulfide) groups is 1. The molecule has 27 heavy (non-hydrogen) atoms. The third-order valence-corrected chi connectivity index (χ3v) is 6.16. The van der Waals surface area contributed by atoms with Crippen LogP contribution in [-0.4, -0.2) is 45.7 Å². The van der Waals surface area contributed by atoms with Crippen molar-refractivity contribution in [3.05, 3.63) is 64.2 Å². The Morgan fingerprint density at radius 3 is 2.56 bits per heavy atom. The Morgan fingerprint density at radius 1 is 1.22 bits per heavy atom. The zero-order chi connectivity index (χ0) is 19.0. The van der Waals surface area contributed by atoms with E-state index in [1.54, 1.807) is 31.0 Å². The molecule has 0 unspecified atom stereocenters. The Bertz CT molecular complexity index is 898. The number of benzene rings is 2. The number of nitro benzene ring substituents is 1. The smallest absolute Gasteiger partial charge is 0.316 e. The second-order valence-corrected chi connectivity index (χ2v) is 7.60. The topological polar surface area (TPSA) is 78.9 Å². The fourth-order valence-corrected chi connectivity index (χ4v) is 4.74. The van der Waals surface area contributed by atoms with E-state index in [9.17, 15) is 15.2 Å². The number of ether oxygens (including phenoxy) is 1. The Labute approximate surface area is 161 Å². The van der Waals surface area contributed by atoms with Crippen molar-refractivity contribution in [2.24, 2.45) is 0 Å². The highest BCUT2D eigenvalue weighted by Crippen LogP contribution is 2.38. The van der Waals surface area contributed by atoms with Gasteiger partial charge < -0.3 is 9.84 Å². The van der Waals surface area contributed by atoms with E-state index in [-0.39, 0.29) is 5.69 Å². The number of nitrogens with zero attached hydrogens (tertiary/aromatic N) is 3. The lowest BCUT2D eigenvalue weighted by Gasteiger charge is -2.24. The van der Waals surface area contributed by atoms with Gasteiger partial charge in [-0.05, 0) is 54.6 Å². The van der Waals surface area contributed by atoms with Gasteiger partial charge in [0.15, 0.2) is 6.54 Å². The van der Waals surface area contributed by atoms with E-state index in [1.807, 2.05) is 28.8 Å². The van der Waals surface area contributed by atoms with Crippen LogP contribution in [0.25, 0.3) is 0 Å². The number of methoxy groups -OCH3 is 1. The molecule has 2 heterocycles. The molecule has 1 N–H and O–H groups in total. The summed E-state index contributed by atoms with van der Waals surface area (Å²) in [6, 6.07) is 13.9. The van der Waals surface area contributed by atoms with E-state index in [0.29, 0.717) is 12.1 Å². The molecular formula is C19H20N3O4S+. The van der Waals surface area contributed by atoms with E-state index >= 15 is 0 Å². The maximum atomic E-state index is 11.6. The molecule has 7 nitrogen and oxygen atoms in total. The second-order valence-electron chi connectivity index (χ2n) is 6.54. The van der Waals surface area contributed by atoms with Crippen LogP contribution >= 0.6 is 11.8 Å². The first kappa shape index (κ1) is 17.8. The van der Waals surface area contributed by atoms with Crippen LogP contribution in [0, 0.1) is 10.1 Å². The van der Waals surface area contributed by atoms with Crippen LogP contribution in [0.1, 0.15) is 12.0 Å². The van der Waals surface area contributed by atoms with Gasteiger partial charge in [-0.25, -0.2) is 9.48 Å². The van der Waals surface area contributed by atoms with Gasteiger partial charge >= 0.3 is 5.17 Å². The molecule has 2 aliphatic rings. The molecule has 4 rings (SSSR count). The maximum Gasteiger partial charge on any atom is 0.316 e. The van der Waals surface area contributed by atoms with Gasteiger partial charge in [0, 0.05) is 23.4 Å². The van der Waals surface area contributed by atoms with Crippen molar-refractivity contribution in [2.75, 3.05) is 30.9 Å². The minimum absolute atomic E-state index is 0.0181. The summed E-state index contributed by atoms with van der Waals surface area (Å²) in [4.78, 5) is 12.6. The first-order chi connectivity index (χ1) is 13.0. The molecule has 0 amide bonds. The van der Waals surface area contributed by atoms with E-state index in [1.165, 1.54) is 12.1 Å². The summed E-state index contributed by atoms with van der Waals surface area (Å²) in [5, 5.41) is 23.5. The Morgan fingerprint density at radius 2 is 1.93 bits per heavy atom. The molecule has 0 aliphatic carbocycles. The number of nitro groups is 1. The van der Waals surface area contributed by atoms with E-state index in [0.717, 1.165) is 35.3 Å². The lowest BCUT2D eigenvalue weighted by Crippen LogP contribution is -2.41. The fourth-order valence-electron chi connectivity index (χ4n) is 3.56. The largest absolute Gasteiger partial charge is 0.497 e. The van der Waals surface area contributed by atoms with Gasteiger partial charge in [0.2, 0.25) is 0 Å². The van der Waals surface area contributed by atoms with Crippen LogP contribution in [-0.2, 0) is 5.72 Å². The first-order valence-electron chi connectivity index (χ1n) is 8.69. The van der Waals surface area contributed by atoms with E-state index < -0.39 is 10.6 Å². The van der Waals surface area contributed by atoms with Crippen LogP contribution in [0.5, 0.6) is 5.75 Å². The average molecular weight is 386 g/mol. The molecule has 0 saturated heterocycles. The van der Waals surface area contributed by atoms with Gasteiger partial charge in [-0.1, -0.05) is 0 Å². The predicted octanol–water partition coefficient (Wildman–Crippen LogP) is 2.77. The lowest BCUT2D eigenvalue weighted by molar-refractivity contribution is -0.656. The number of rotatable bonds is 4. The van der Waals surface area contributed by atoms with Crippen molar-refractivity contribution in [2.45, 2.75) is 12.1 Å². The van der Waals surface area contributed by atoms with Crippen LogP contribution in [0.3, 0.4) is 0 Å². The monoisotopic (exact) mass is 386 g/mol. The molecule has 0 spiro atoms. The standard InChI is InChI=1S/C19H20N3O4S/c1-26-17-9-7-15(8-10-17)20-13-19(23,21-11-2-12-27-18(20)21)14-3-5-16(6-4-14)22(24)25/h3-10,23H,2,11-13H2,1H3/q+1/t19-/m0/s1. The number of hydrogen-bond acceptors (Lipinski definition) is 6. The minimum atomic E-state index is -1.22. The number of β-amino-alcohol motifs (C(OH)–C–C–N with tert-alkyl or cyclic N) is 1. The molecule has 0 radical (unpaired) electrons. The summed E-state index contributed by atoms with van der Waals surface area (Å²) in [6.07, 6.45) is 0.972. The van der Waals surface area contributed by atoms with Crippen LogP contribution in [0.4, 0.5) is 11.4 Å². The molecule has 2 aromatic carbocycles. The molecule has 8 heteroatoms. The lowest BCUT2D eigenvalue weighted by atomic mass is 10.0. The van der Waals surface area contributed by atoms with Crippen LogP contribution in [0.15, 0.2) is 48.5 Å². The minimum Gasteiger partial charge on any atom is -0.497 e. The molecule has 2 aromatic rings. The Hall–Kier alpha value is -2.58. The van der Waals surface area contributed by atoms with Crippen molar-refractivity contribution >= 4 is 28.3 Å². The van der Waals surface area contributed by atoms with Crippen molar-refractivity contribution in [1.29, 1.82) is 0 Å². The van der Waals surface area contributed by atoms with Gasteiger partial charge in [-0.2, -0.15) is 0 Å². The number of anilines is 1. The molecule has 0 bridgehead atoms. The summed E-state index contributed by atoms with van der Waals surface area (Å²) in [5.74, 6) is 1.77. The fraction of sp³-hybridized carbons (Fsp3) is 0.316. The number of hydrogen-bond donors (Lipinski definition) is 1. The molecule has 0 aromatic heterocycles. The number of amidine groups is 1. The summed E-state index contributed by atoms with van der Waals surface area (Å²) in [6.45, 7) is 1.10. The Kier molecular flexibility index (Phi) is 4.53. The zero-order valence-electron chi connectivity index (χ0n) is 14.9. The van der Waals surface area contributed by atoms with Gasteiger partial charge in [-0.3, -0.25) is 10.1 Å². The zero-order valence-corrected chi connectivity index (χ0v) is 15.7. The van der Waals surface area contributed by atoms with Crippen molar-refractivity contribution in [1.82, 2.24) is 0 Å². The third kappa shape index (κ3) is 3.04. The molecule has 140 valence electrons. The van der Waals surface area contributed by atoms with E-state index in [2.05, 4.69) is 4.90 Å². The van der Waals surface area contributed by atoms with Gasteiger partial charge in [0.05, 0.1) is 18.6 Å². The summed E-state index contributed by atoms with van der Waals surface area (Å²) >= 11 is 1.72. The summed E-state index contributed by atoms with van der Waals surface area (Å²) in [7, 11) is 1.63. The predicted molar refractivity (Wildman–Crippen MR) is 105 cm³/mol. The number of aliphatic hydroxyl groups is 1. The highest BCUT2D eigenvalue weighted by atomic mass is 32.2. The summed E-state index contributed by atoms with van der Waals surface area (Å²) < 4.78 is 7.24. The highest BCUT2D eigenvalue weighted by Gasteiger charge is 2.53. The summed E-state index contributed by atoms with van der Waals surface area (Å²) in [5.41, 5.74) is 0.425. The van der Waals surface area contributed by atoms with Gasteiger partial charge in [0.1, 0.15) is 11.4 Å². The van der Waals surface area contributed by atoms with Crippen molar-refractivity contribution in [3.63, 3.8) is 0 Å². The maximum absolute atomic E-state index is 11.6. The van der Waals surface area contributed by atoms with Crippen molar-refractivity contribution < 1.29 is 19.3 Å². The normalized spacial score (nSPS) is 21.9. The van der Waals surface area contributed by atoms with Crippen LogP contribution < -0.4 is 9.64 Å². The highest BCUT2D eigenvalue weighted by molar-refractivity contribution is 8.13. The van der Waals surface area contributed by atoms with Crippen molar-refractivity contribution in [3.8, 4) is 5.75 Å². The van der Waals surface area contributed by atoms with E-state index in [4.69, 9.17) is 4.74 Å². The molecule has 1 atom stereocenters. The second kappa shape index (κ2) is 6.86. The SMILES string of the molecule is COc1ccc(N2C[C@](O)(c3ccc([N+](=O)[O-])cc3)[N+]3=C2SCCC3)cc1. The average Bonchev–Trinajstić information content (AvgIpc) is 3.02. The van der Waals surface area contributed by atoms with Crippen LogP contribution in [0.2, 0.25) is 0 Å². The quantitative estimate of drug-likeness (QED) is 0.495. The molecule has 0 fully saturated rings. The van der Waals surface area contributed by atoms with Gasteiger partial charge in [0.25, 0.3) is 11.4 Å². The first-order valence-corrected chi connectivity index (χ1v) is 9.68.